The SMILES string of the molecule is O=c1cc([C@@H]2CCCN(Cc3ccc(F)cc3)C2)nc(-c2cccnc2)[nH]1. The number of piperidine rings is 1. The molecule has 27 heavy (non-hydrogen) atoms. The number of rotatable bonds is 4. The fourth-order valence-corrected chi connectivity index (χ4v) is 3.61. The summed E-state index contributed by atoms with van der Waals surface area (Å²) >= 11 is 0. The fourth-order valence-electron chi connectivity index (χ4n) is 3.61. The third kappa shape index (κ3) is 4.28. The Morgan fingerprint density at radius 1 is 1.22 bits per heavy atom. The lowest BCUT2D eigenvalue weighted by Gasteiger charge is -2.32. The molecule has 138 valence electrons. The van der Waals surface area contributed by atoms with Crippen LogP contribution in [-0.4, -0.2) is 32.9 Å². The van der Waals surface area contributed by atoms with E-state index in [-0.39, 0.29) is 17.3 Å². The zero-order chi connectivity index (χ0) is 18.6. The quantitative estimate of drug-likeness (QED) is 0.771. The summed E-state index contributed by atoms with van der Waals surface area (Å²) in [5.41, 5.74) is 2.57. The van der Waals surface area contributed by atoms with Crippen LogP contribution >= 0.6 is 0 Å². The summed E-state index contributed by atoms with van der Waals surface area (Å²) in [5, 5.41) is 0. The number of aromatic nitrogens is 3. The number of likely N-dealkylation sites (tertiary alicyclic amines) is 1. The van der Waals surface area contributed by atoms with Crippen molar-refractivity contribution in [1.29, 1.82) is 0 Å². The summed E-state index contributed by atoms with van der Waals surface area (Å²) in [5.74, 6) is 0.545. The highest BCUT2D eigenvalue weighted by Crippen LogP contribution is 2.27. The molecule has 0 spiro atoms. The van der Waals surface area contributed by atoms with Crippen LogP contribution in [0.2, 0.25) is 0 Å². The minimum absolute atomic E-state index is 0.144. The number of nitrogens with zero attached hydrogens (tertiary/aromatic N) is 3. The lowest BCUT2D eigenvalue weighted by molar-refractivity contribution is 0.198. The Hall–Kier alpha value is -2.86. The lowest BCUT2D eigenvalue weighted by Crippen LogP contribution is -2.34. The third-order valence-corrected chi connectivity index (χ3v) is 4.94. The molecule has 0 unspecified atom stereocenters. The molecule has 0 amide bonds. The zero-order valence-electron chi connectivity index (χ0n) is 14.9. The molecule has 1 aliphatic heterocycles. The van der Waals surface area contributed by atoms with Gasteiger partial charge < -0.3 is 4.98 Å². The molecule has 0 saturated carbocycles. The van der Waals surface area contributed by atoms with E-state index in [2.05, 4.69) is 14.9 Å². The van der Waals surface area contributed by atoms with Crippen LogP contribution in [0.4, 0.5) is 4.39 Å². The first kappa shape index (κ1) is 17.5. The van der Waals surface area contributed by atoms with Crippen molar-refractivity contribution in [3.05, 3.63) is 82.3 Å². The van der Waals surface area contributed by atoms with Gasteiger partial charge >= 0.3 is 0 Å². The van der Waals surface area contributed by atoms with Crippen LogP contribution in [-0.2, 0) is 6.54 Å². The first-order chi connectivity index (χ1) is 13.2. The van der Waals surface area contributed by atoms with Gasteiger partial charge in [0.05, 0.1) is 5.69 Å². The molecule has 5 nitrogen and oxygen atoms in total. The van der Waals surface area contributed by atoms with E-state index in [1.807, 2.05) is 24.3 Å². The van der Waals surface area contributed by atoms with Crippen molar-refractivity contribution in [2.45, 2.75) is 25.3 Å². The highest BCUT2D eigenvalue weighted by molar-refractivity contribution is 5.52. The number of hydrogen-bond donors (Lipinski definition) is 1. The molecule has 0 bridgehead atoms. The molecule has 1 N–H and O–H groups in total. The summed E-state index contributed by atoms with van der Waals surface area (Å²) < 4.78 is 13.1. The van der Waals surface area contributed by atoms with Gasteiger partial charge in [0, 0.05) is 43.0 Å². The predicted molar refractivity (Wildman–Crippen MR) is 102 cm³/mol. The summed E-state index contributed by atoms with van der Waals surface area (Å²) in [4.78, 5) is 26.1. The van der Waals surface area contributed by atoms with E-state index in [9.17, 15) is 9.18 Å². The van der Waals surface area contributed by atoms with Gasteiger partial charge in [-0.1, -0.05) is 12.1 Å². The summed E-state index contributed by atoms with van der Waals surface area (Å²) in [7, 11) is 0. The standard InChI is InChI=1S/C21H21FN4O/c22-18-7-5-15(6-8-18)13-26-10-2-4-17(14-26)19-11-20(27)25-21(24-19)16-3-1-9-23-12-16/h1,3,5-9,11-12,17H,2,4,10,13-14H2,(H,24,25,27)/t17-/m1/s1. The maximum atomic E-state index is 13.1. The van der Waals surface area contributed by atoms with E-state index in [1.54, 1.807) is 18.5 Å². The van der Waals surface area contributed by atoms with Crippen molar-refractivity contribution in [2.24, 2.45) is 0 Å². The van der Waals surface area contributed by atoms with Gasteiger partial charge in [-0.3, -0.25) is 14.7 Å². The van der Waals surface area contributed by atoms with Crippen LogP contribution in [0.3, 0.4) is 0 Å². The highest BCUT2D eigenvalue weighted by atomic mass is 19.1. The molecule has 1 aliphatic rings. The van der Waals surface area contributed by atoms with Crippen molar-refractivity contribution in [3.8, 4) is 11.4 Å². The van der Waals surface area contributed by atoms with Gasteiger partial charge in [0.1, 0.15) is 11.6 Å². The van der Waals surface area contributed by atoms with E-state index in [0.29, 0.717) is 5.82 Å². The minimum Gasteiger partial charge on any atom is -0.306 e. The van der Waals surface area contributed by atoms with Crippen molar-refractivity contribution < 1.29 is 4.39 Å². The third-order valence-electron chi connectivity index (χ3n) is 4.94. The van der Waals surface area contributed by atoms with Crippen LogP contribution in [0.15, 0.2) is 59.7 Å². The molecule has 1 saturated heterocycles. The smallest absolute Gasteiger partial charge is 0.251 e. The Labute approximate surface area is 156 Å². The number of halogens is 1. The molecule has 2 aromatic heterocycles. The number of benzene rings is 1. The van der Waals surface area contributed by atoms with Crippen molar-refractivity contribution in [2.75, 3.05) is 13.1 Å². The summed E-state index contributed by atoms with van der Waals surface area (Å²) in [6.45, 7) is 2.60. The van der Waals surface area contributed by atoms with Crippen LogP contribution in [0, 0.1) is 5.82 Å². The average Bonchev–Trinajstić information content (AvgIpc) is 2.70. The lowest BCUT2D eigenvalue weighted by atomic mass is 9.94. The van der Waals surface area contributed by atoms with Gasteiger partial charge in [-0.05, 0) is 49.2 Å². The van der Waals surface area contributed by atoms with Crippen LogP contribution < -0.4 is 5.56 Å². The monoisotopic (exact) mass is 364 g/mol. The first-order valence-corrected chi connectivity index (χ1v) is 9.16. The molecule has 4 rings (SSSR count). The molecule has 0 aliphatic carbocycles. The predicted octanol–water partition coefficient (Wildman–Crippen LogP) is 3.35. The molecule has 1 atom stereocenters. The first-order valence-electron chi connectivity index (χ1n) is 9.16. The van der Waals surface area contributed by atoms with Gasteiger partial charge in [0.15, 0.2) is 0 Å². The van der Waals surface area contributed by atoms with Gasteiger partial charge in [-0.25, -0.2) is 9.37 Å². The van der Waals surface area contributed by atoms with Crippen molar-refractivity contribution >= 4 is 0 Å². The van der Waals surface area contributed by atoms with Crippen LogP contribution in [0.1, 0.15) is 30.0 Å². The Kier molecular flexibility index (Phi) is 5.07. The number of H-pyrrole nitrogens is 1. The summed E-state index contributed by atoms with van der Waals surface area (Å²) in [6.07, 6.45) is 5.44. The van der Waals surface area contributed by atoms with Gasteiger partial charge in [0.25, 0.3) is 5.56 Å². The van der Waals surface area contributed by atoms with Gasteiger partial charge in [0.2, 0.25) is 0 Å². The van der Waals surface area contributed by atoms with E-state index in [0.717, 1.165) is 49.3 Å². The highest BCUT2D eigenvalue weighted by Gasteiger charge is 2.23. The molecular weight excluding hydrogens is 343 g/mol. The topological polar surface area (TPSA) is 61.9 Å². The Bertz CT molecular complexity index is 956. The summed E-state index contributed by atoms with van der Waals surface area (Å²) in [6, 6.07) is 12.0. The number of aromatic amines is 1. The van der Waals surface area contributed by atoms with E-state index in [1.165, 1.54) is 12.1 Å². The van der Waals surface area contributed by atoms with E-state index >= 15 is 0 Å². The van der Waals surface area contributed by atoms with E-state index < -0.39 is 0 Å². The molecule has 3 heterocycles. The number of nitrogens with one attached hydrogen (secondary N) is 1. The number of pyridine rings is 1. The molecule has 3 aromatic rings. The average molecular weight is 364 g/mol. The van der Waals surface area contributed by atoms with Crippen LogP contribution in [0.5, 0.6) is 0 Å². The molecule has 1 fully saturated rings. The second-order valence-electron chi connectivity index (χ2n) is 6.96. The molecule has 1 aromatic carbocycles. The molecule has 0 radical (unpaired) electrons. The molecule has 6 heteroatoms. The normalized spacial score (nSPS) is 17.7. The second kappa shape index (κ2) is 7.80. The fraction of sp³-hybridized carbons (Fsp3) is 0.286. The van der Waals surface area contributed by atoms with Gasteiger partial charge in [-0.2, -0.15) is 0 Å². The van der Waals surface area contributed by atoms with Gasteiger partial charge in [-0.15, -0.1) is 0 Å². The largest absolute Gasteiger partial charge is 0.306 e. The number of hydrogen-bond acceptors (Lipinski definition) is 4. The second-order valence-corrected chi connectivity index (χ2v) is 6.96. The minimum atomic E-state index is -0.217. The van der Waals surface area contributed by atoms with Crippen molar-refractivity contribution in [1.82, 2.24) is 19.9 Å². The Morgan fingerprint density at radius 3 is 2.85 bits per heavy atom. The Morgan fingerprint density at radius 2 is 2.07 bits per heavy atom. The zero-order valence-corrected chi connectivity index (χ0v) is 14.9. The maximum absolute atomic E-state index is 13.1. The van der Waals surface area contributed by atoms with E-state index in [4.69, 9.17) is 4.98 Å². The van der Waals surface area contributed by atoms with Crippen LogP contribution in [0.25, 0.3) is 11.4 Å². The van der Waals surface area contributed by atoms with Crippen molar-refractivity contribution in [3.63, 3.8) is 0 Å². The maximum Gasteiger partial charge on any atom is 0.251 e. The Balaban J connectivity index is 1.53. The molecular formula is C21H21FN4O.